The molecule has 1 N–H and O–H groups in total. The van der Waals surface area contributed by atoms with Crippen molar-refractivity contribution < 1.29 is 0 Å². The fraction of sp³-hybridized carbons (Fsp3) is 0.500. The number of rotatable bonds is 4. The molecule has 3 rings (SSSR count). The van der Waals surface area contributed by atoms with Gasteiger partial charge in [0.2, 0.25) is 0 Å². The van der Waals surface area contributed by atoms with E-state index in [1.807, 2.05) is 19.3 Å². The van der Waals surface area contributed by atoms with Gasteiger partial charge in [0.05, 0.1) is 0 Å². The van der Waals surface area contributed by atoms with Gasteiger partial charge in [-0.1, -0.05) is 13.8 Å². The van der Waals surface area contributed by atoms with Crippen LogP contribution < -0.4 is 5.32 Å². The van der Waals surface area contributed by atoms with Crippen LogP contribution in [-0.2, 0) is 18.3 Å². The Kier molecular flexibility index (Phi) is 4.10. The third kappa shape index (κ3) is 3.11. The van der Waals surface area contributed by atoms with Crippen LogP contribution in [-0.4, -0.2) is 21.5 Å². The summed E-state index contributed by atoms with van der Waals surface area (Å²) in [7, 11) is 0. The van der Waals surface area contributed by atoms with Crippen molar-refractivity contribution in [2.75, 3.05) is 11.9 Å². The molecule has 0 spiro atoms. The summed E-state index contributed by atoms with van der Waals surface area (Å²) in [6.07, 6.45) is 8.36. The molecule has 116 valence electrons. The second kappa shape index (κ2) is 6.03. The molecule has 2 aromatic rings. The Labute approximate surface area is 132 Å². The zero-order valence-corrected chi connectivity index (χ0v) is 13.7. The molecule has 1 aliphatic rings. The van der Waals surface area contributed by atoms with Gasteiger partial charge in [0.1, 0.15) is 11.6 Å². The van der Waals surface area contributed by atoms with Crippen molar-refractivity contribution in [3.05, 3.63) is 47.2 Å². The molecule has 0 bridgehead atoms. The highest BCUT2D eigenvalue weighted by Gasteiger charge is 2.22. The molecule has 0 aliphatic heterocycles. The largest absolute Gasteiger partial charge is 0.369 e. The molecular weight excluding hydrogens is 272 g/mol. The Morgan fingerprint density at radius 3 is 2.59 bits per heavy atom. The molecule has 0 unspecified atom stereocenters. The monoisotopic (exact) mass is 296 g/mol. The van der Waals surface area contributed by atoms with E-state index < -0.39 is 0 Å². The number of hydrogen-bond donors (Lipinski definition) is 1. The van der Waals surface area contributed by atoms with Gasteiger partial charge in [0.25, 0.3) is 0 Å². The van der Waals surface area contributed by atoms with E-state index in [0.717, 1.165) is 31.0 Å². The molecule has 4 nitrogen and oxygen atoms in total. The zero-order chi connectivity index (χ0) is 15.6. The Morgan fingerprint density at radius 1 is 1.09 bits per heavy atom. The average Bonchev–Trinajstić information content (AvgIpc) is 2.53. The standard InChI is InChI=1S/C18H24N4/c1-13-21-16-7-5-4-6-15(16)17(22-13)20-12-18(2,3)14-8-10-19-11-9-14/h8-11H,4-7,12H2,1-3H3,(H,20,21,22). The maximum Gasteiger partial charge on any atom is 0.133 e. The second-order valence-electron chi connectivity index (χ2n) is 6.73. The van der Waals surface area contributed by atoms with E-state index in [1.54, 1.807) is 0 Å². The quantitative estimate of drug-likeness (QED) is 0.939. The van der Waals surface area contributed by atoms with E-state index in [1.165, 1.54) is 29.7 Å². The molecule has 2 heterocycles. The van der Waals surface area contributed by atoms with Crippen molar-refractivity contribution in [2.24, 2.45) is 0 Å². The maximum atomic E-state index is 4.65. The molecule has 0 radical (unpaired) electrons. The second-order valence-corrected chi connectivity index (χ2v) is 6.73. The molecular formula is C18H24N4. The number of anilines is 1. The first-order valence-electron chi connectivity index (χ1n) is 8.07. The number of pyridine rings is 1. The van der Waals surface area contributed by atoms with Crippen molar-refractivity contribution in [3.63, 3.8) is 0 Å². The fourth-order valence-corrected chi connectivity index (χ4v) is 3.07. The van der Waals surface area contributed by atoms with E-state index in [4.69, 9.17) is 0 Å². The lowest BCUT2D eigenvalue weighted by molar-refractivity contribution is 0.553. The van der Waals surface area contributed by atoms with Gasteiger partial charge in [-0.3, -0.25) is 4.98 Å². The smallest absolute Gasteiger partial charge is 0.133 e. The number of nitrogens with one attached hydrogen (secondary N) is 1. The van der Waals surface area contributed by atoms with Crippen molar-refractivity contribution in [3.8, 4) is 0 Å². The van der Waals surface area contributed by atoms with Crippen LogP contribution in [0.25, 0.3) is 0 Å². The van der Waals surface area contributed by atoms with Gasteiger partial charge < -0.3 is 5.32 Å². The van der Waals surface area contributed by atoms with Crippen molar-refractivity contribution >= 4 is 5.82 Å². The lowest BCUT2D eigenvalue weighted by Gasteiger charge is -2.27. The molecule has 0 aromatic carbocycles. The minimum Gasteiger partial charge on any atom is -0.369 e. The molecule has 0 fully saturated rings. The van der Waals surface area contributed by atoms with Crippen molar-refractivity contribution in [1.82, 2.24) is 15.0 Å². The minimum absolute atomic E-state index is 0.0311. The first kappa shape index (κ1) is 14.9. The summed E-state index contributed by atoms with van der Waals surface area (Å²) in [5, 5.41) is 3.58. The average molecular weight is 296 g/mol. The molecule has 2 aromatic heterocycles. The zero-order valence-electron chi connectivity index (χ0n) is 13.7. The first-order chi connectivity index (χ1) is 10.6. The maximum absolute atomic E-state index is 4.65. The minimum atomic E-state index is 0.0311. The van der Waals surface area contributed by atoms with Crippen LogP contribution in [0.3, 0.4) is 0 Å². The SMILES string of the molecule is Cc1nc2c(c(NCC(C)(C)c3ccncc3)n1)CCCC2. The van der Waals surface area contributed by atoms with Gasteiger partial charge in [-0.05, 0) is 50.3 Å². The predicted octanol–water partition coefficient (Wildman–Crippen LogP) is 3.45. The number of hydrogen-bond acceptors (Lipinski definition) is 4. The molecule has 0 saturated carbocycles. The highest BCUT2D eigenvalue weighted by Crippen LogP contribution is 2.28. The van der Waals surface area contributed by atoms with Crippen LogP contribution in [0.15, 0.2) is 24.5 Å². The van der Waals surface area contributed by atoms with Gasteiger partial charge in [-0.25, -0.2) is 9.97 Å². The number of aryl methyl sites for hydroxylation is 2. The lowest BCUT2D eigenvalue weighted by atomic mass is 9.85. The summed E-state index contributed by atoms with van der Waals surface area (Å²) in [5.41, 5.74) is 3.88. The summed E-state index contributed by atoms with van der Waals surface area (Å²) < 4.78 is 0. The van der Waals surface area contributed by atoms with Gasteiger partial charge >= 0.3 is 0 Å². The molecule has 4 heteroatoms. The highest BCUT2D eigenvalue weighted by molar-refractivity contribution is 5.48. The molecule has 0 amide bonds. The first-order valence-corrected chi connectivity index (χ1v) is 8.07. The Balaban J connectivity index is 1.81. The number of fused-ring (bicyclic) bond motifs is 1. The fourth-order valence-electron chi connectivity index (χ4n) is 3.07. The van der Waals surface area contributed by atoms with Crippen LogP contribution in [0.2, 0.25) is 0 Å². The highest BCUT2D eigenvalue weighted by atomic mass is 15.0. The van der Waals surface area contributed by atoms with E-state index in [0.29, 0.717) is 0 Å². The van der Waals surface area contributed by atoms with Gasteiger partial charge in [0, 0.05) is 35.6 Å². The van der Waals surface area contributed by atoms with E-state index in [-0.39, 0.29) is 5.41 Å². The summed E-state index contributed by atoms with van der Waals surface area (Å²) in [4.78, 5) is 13.4. The number of aromatic nitrogens is 3. The van der Waals surface area contributed by atoms with Crippen molar-refractivity contribution in [1.29, 1.82) is 0 Å². The predicted molar refractivity (Wildman–Crippen MR) is 89.2 cm³/mol. The van der Waals surface area contributed by atoms with E-state index in [2.05, 4.69) is 46.2 Å². The molecule has 22 heavy (non-hydrogen) atoms. The van der Waals surface area contributed by atoms with Crippen LogP contribution >= 0.6 is 0 Å². The lowest BCUT2D eigenvalue weighted by Crippen LogP contribution is -2.29. The molecule has 1 aliphatic carbocycles. The van der Waals surface area contributed by atoms with Crippen LogP contribution in [0.4, 0.5) is 5.82 Å². The van der Waals surface area contributed by atoms with Gasteiger partial charge in [-0.2, -0.15) is 0 Å². The Bertz CT molecular complexity index is 650. The number of nitrogens with zero attached hydrogens (tertiary/aromatic N) is 3. The Hall–Kier alpha value is -1.97. The van der Waals surface area contributed by atoms with Crippen molar-refractivity contribution in [2.45, 2.75) is 51.9 Å². The molecule has 0 saturated heterocycles. The van der Waals surface area contributed by atoms with E-state index in [9.17, 15) is 0 Å². The summed E-state index contributed by atoms with van der Waals surface area (Å²) >= 11 is 0. The Morgan fingerprint density at radius 2 is 1.82 bits per heavy atom. The molecule has 0 atom stereocenters. The van der Waals surface area contributed by atoms with Crippen LogP contribution in [0, 0.1) is 6.92 Å². The third-order valence-electron chi connectivity index (χ3n) is 4.45. The summed E-state index contributed by atoms with van der Waals surface area (Å²) in [6.45, 7) is 7.32. The van der Waals surface area contributed by atoms with Crippen LogP contribution in [0.5, 0.6) is 0 Å². The topological polar surface area (TPSA) is 50.7 Å². The van der Waals surface area contributed by atoms with Gasteiger partial charge in [0.15, 0.2) is 0 Å². The van der Waals surface area contributed by atoms with Crippen LogP contribution in [0.1, 0.15) is 49.3 Å². The summed E-state index contributed by atoms with van der Waals surface area (Å²) in [5.74, 6) is 1.90. The summed E-state index contributed by atoms with van der Waals surface area (Å²) in [6, 6.07) is 4.17. The third-order valence-corrected chi connectivity index (χ3v) is 4.45. The van der Waals surface area contributed by atoms with E-state index >= 15 is 0 Å². The van der Waals surface area contributed by atoms with Gasteiger partial charge in [-0.15, -0.1) is 0 Å². The normalized spacial score (nSPS) is 14.5.